The van der Waals surface area contributed by atoms with Crippen molar-refractivity contribution in [3.8, 4) is 28.8 Å². The van der Waals surface area contributed by atoms with E-state index in [1.807, 2.05) is 0 Å². The monoisotopic (exact) mass is 458 g/mol. The van der Waals surface area contributed by atoms with E-state index in [4.69, 9.17) is 9.68 Å². The zero-order valence-electron chi connectivity index (χ0n) is 15.6. The smallest absolute Gasteiger partial charge is 0.417 e. The van der Waals surface area contributed by atoms with E-state index >= 15 is 0 Å². The molecule has 11 heteroatoms. The van der Waals surface area contributed by atoms with Crippen molar-refractivity contribution in [2.75, 3.05) is 5.75 Å². The van der Waals surface area contributed by atoms with Crippen LogP contribution in [-0.2, 0) is 12.4 Å². The number of nitriles is 1. The Kier molecular flexibility index (Phi) is 5.96. The lowest BCUT2D eigenvalue weighted by Crippen LogP contribution is -2.19. The predicted octanol–water partition coefficient (Wildman–Crippen LogP) is 6.32. The van der Waals surface area contributed by atoms with Gasteiger partial charge < -0.3 is 9.40 Å². The number of furan rings is 1. The Balaban J connectivity index is 2.11. The zero-order chi connectivity index (χ0) is 23.0. The molecule has 162 valence electrons. The number of alkyl halides is 6. The molecule has 0 aliphatic rings. The summed E-state index contributed by atoms with van der Waals surface area (Å²) in [7, 11) is 0. The quantitative estimate of drug-likeness (QED) is 0.367. The summed E-state index contributed by atoms with van der Waals surface area (Å²) in [6.07, 6.45) is -9.56. The molecule has 0 spiro atoms. The molecule has 31 heavy (non-hydrogen) atoms. The number of aromatic nitrogens is 1. The molecule has 0 amide bonds. The molecule has 0 saturated heterocycles. The SMILES string of the molecule is CCSc1cc(-c2ccc(-c3cc(C(F)(F)F)c(C#N)c(=O)[nH]3)o2)cc(C(F)(F)F)c1. The third-order valence-corrected chi connectivity index (χ3v) is 5.01. The van der Waals surface area contributed by atoms with E-state index in [2.05, 4.69) is 4.98 Å². The van der Waals surface area contributed by atoms with Gasteiger partial charge in [0.25, 0.3) is 5.56 Å². The first-order chi connectivity index (χ1) is 14.4. The average Bonchev–Trinajstić information content (AvgIpc) is 3.16. The van der Waals surface area contributed by atoms with Crippen molar-refractivity contribution in [2.45, 2.75) is 24.2 Å². The molecule has 0 radical (unpaired) electrons. The Morgan fingerprint density at radius 3 is 2.29 bits per heavy atom. The second kappa shape index (κ2) is 8.19. The van der Waals surface area contributed by atoms with Gasteiger partial charge in [-0.3, -0.25) is 4.79 Å². The van der Waals surface area contributed by atoms with Crippen LogP contribution in [0.2, 0.25) is 0 Å². The Hall–Kier alpha value is -3.13. The van der Waals surface area contributed by atoms with Gasteiger partial charge in [0.05, 0.1) is 16.8 Å². The number of aromatic amines is 1. The topological polar surface area (TPSA) is 69.8 Å². The van der Waals surface area contributed by atoms with Crippen LogP contribution in [0.25, 0.3) is 22.8 Å². The molecule has 0 aliphatic carbocycles. The van der Waals surface area contributed by atoms with Gasteiger partial charge in [-0.05, 0) is 42.2 Å². The Bertz CT molecular complexity index is 1220. The molecule has 4 nitrogen and oxygen atoms in total. The number of halogens is 6. The van der Waals surface area contributed by atoms with Crippen LogP contribution in [0.15, 0.2) is 50.5 Å². The molecule has 3 aromatic rings. The van der Waals surface area contributed by atoms with Gasteiger partial charge in [0.15, 0.2) is 5.76 Å². The molecule has 0 bridgehead atoms. The number of rotatable bonds is 4. The van der Waals surface area contributed by atoms with Gasteiger partial charge in [0.2, 0.25) is 0 Å². The number of hydrogen-bond acceptors (Lipinski definition) is 4. The van der Waals surface area contributed by atoms with Crippen molar-refractivity contribution in [2.24, 2.45) is 0 Å². The largest absolute Gasteiger partial charge is 0.455 e. The number of hydrogen-bond donors (Lipinski definition) is 1. The maximum absolute atomic E-state index is 13.2. The van der Waals surface area contributed by atoms with Gasteiger partial charge in [-0.15, -0.1) is 11.8 Å². The highest BCUT2D eigenvalue weighted by Crippen LogP contribution is 2.38. The van der Waals surface area contributed by atoms with Crippen molar-refractivity contribution in [1.29, 1.82) is 5.26 Å². The molecule has 2 aromatic heterocycles. The summed E-state index contributed by atoms with van der Waals surface area (Å²) in [5.41, 5.74) is -4.98. The van der Waals surface area contributed by atoms with Gasteiger partial charge in [-0.25, -0.2) is 0 Å². The maximum atomic E-state index is 13.2. The zero-order valence-corrected chi connectivity index (χ0v) is 16.4. The van der Waals surface area contributed by atoms with Crippen LogP contribution in [0.3, 0.4) is 0 Å². The van der Waals surface area contributed by atoms with Gasteiger partial charge in [0.1, 0.15) is 17.4 Å². The lowest BCUT2D eigenvalue weighted by atomic mass is 10.1. The summed E-state index contributed by atoms with van der Waals surface area (Å²) in [5.74, 6) is 0.290. The lowest BCUT2D eigenvalue weighted by Gasteiger charge is -2.11. The molecule has 1 N–H and O–H groups in total. The van der Waals surface area contributed by atoms with Gasteiger partial charge in [0, 0.05) is 10.5 Å². The van der Waals surface area contributed by atoms with Crippen molar-refractivity contribution in [1.82, 2.24) is 4.98 Å². The summed E-state index contributed by atoms with van der Waals surface area (Å²) in [6.45, 7) is 1.77. The van der Waals surface area contributed by atoms with Crippen LogP contribution in [-0.4, -0.2) is 10.7 Å². The normalized spacial score (nSPS) is 12.1. The maximum Gasteiger partial charge on any atom is 0.417 e. The summed E-state index contributed by atoms with van der Waals surface area (Å²) < 4.78 is 84.8. The van der Waals surface area contributed by atoms with E-state index in [9.17, 15) is 31.1 Å². The highest BCUT2D eigenvalue weighted by molar-refractivity contribution is 7.99. The summed E-state index contributed by atoms with van der Waals surface area (Å²) >= 11 is 1.18. The van der Waals surface area contributed by atoms with E-state index in [1.165, 1.54) is 36.0 Å². The number of H-pyrrole nitrogens is 1. The molecule has 0 aliphatic heterocycles. The Morgan fingerprint density at radius 2 is 1.71 bits per heavy atom. The van der Waals surface area contributed by atoms with Crippen LogP contribution >= 0.6 is 11.8 Å². The fraction of sp³-hybridized carbons (Fsp3) is 0.200. The minimum atomic E-state index is -4.96. The first-order valence-corrected chi connectivity index (χ1v) is 9.63. The molecule has 2 heterocycles. The second-order valence-corrected chi connectivity index (χ2v) is 7.59. The van der Waals surface area contributed by atoms with Crippen LogP contribution in [0.1, 0.15) is 23.6 Å². The first kappa shape index (κ1) is 22.6. The van der Waals surface area contributed by atoms with Crippen LogP contribution in [0.5, 0.6) is 0 Å². The number of thioether (sulfide) groups is 1. The van der Waals surface area contributed by atoms with Crippen molar-refractivity contribution >= 4 is 11.8 Å². The minimum absolute atomic E-state index is 0.0298. The fourth-order valence-electron chi connectivity index (χ4n) is 2.82. The summed E-state index contributed by atoms with van der Waals surface area (Å²) in [5, 5.41) is 8.85. The third-order valence-electron chi connectivity index (χ3n) is 4.15. The fourth-order valence-corrected chi connectivity index (χ4v) is 3.57. The molecule has 0 saturated carbocycles. The predicted molar refractivity (Wildman–Crippen MR) is 101 cm³/mol. The Labute approximate surface area is 175 Å². The van der Waals surface area contributed by atoms with E-state index < -0.39 is 34.6 Å². The summed E-state index contributed by atoms with van der Waals surface area (Å²) in [6, 6.07) is 7.60. The van der Waals surface area contributed by atoms with Crippen LogP contribution in [0, 0.1) is 11.3 Å². The van der Waals surface area contributed by atoms with Crippen molar-refractivity contribution in [3.63, 3.8) is 0 Å². The Morgan fingerprint density at radius 1 is 1.03 bits per heavy atom. The number of nitrogens with zero attached hydrogens (tertiary/aromatic N) is 1. The highest BCUT2D eigenvalue weighted by atomic mass is 32.2. The van der Waals surface area contributed by atoms with Gasteiger partial charge in [-0.1, -0.05) is 6.92 Å². The first-order valence-electron chi connectivity index (χ1n) is 8.64. The van der Waals surface area contributed by atoms with Crippen LogP contribution < -0.4 is 5.56 Å². The number of nitrogens with one attached hydrogen (secondary N) is 1. The van der Waals surface area contributed by atoms with E-state index in [1.54, 1.807) is 6.92 Å². The van der Waals surface area contributed by atoms with E-state index in [0.29, 0.717) is 16.7 Å². The molecule has 1 aromatic carbocycles. The minimum Gasteiger partial charge on any atom is -0.455 e. The second-order valence-electron chi connectivity index (χ2n) is 6.25. The van der Waals surface area contributed by atoms with Gasteiger partial charge in [-0.2, -0.15) is 31.6 Å². The third kappa shape index (κ3) is 4.80. The standard InChI is InChI=1S/C20H12F6N2O2S/c1-2-31-12-6-10(5-11(7-12)19(21,22)23)16-3-4-17(30-16)15-8-14(20(24,25)26)13(9-27)18(29)28-15/h3-8H,2H2,1H3,(H,28,29). The lowest BCUT2D eigenvalue weighted by molar-refractivity contribution is -0.138. The molecule has 0 unspecified atom stereocenters. The molecular formula is C20H12F6N2O2S. The molecule has 3 rings (SSSR count). The highest BCUT2D eigenvalue weighted by Gasteiger charge is 2.36. The van der Waals surface area contributed by atoms with E-state index in [0.717, 1.165) is 12.1 Å². The van der Waals surface area contributed by atoms with Crippen LogP contribution in [0.4, 0.5) is 26.3 Å². The average molecular weight is 458 g/mol. The van der Waals surface area contributed by atoms with Gasteiger partial charge >= 0.3 is 12.4 Å². The number of benzene rings is 1. The van der Waals surface area contributed by atoms with E-state index in [-0.39, 0.29) is 22.8 Å². The molecular weight excluding hydrogens is 446 g/mol. The molecule has 0 atom stereocenters. The summed E-state index contributed by atoms with van der Waals surface area (Å²) in [4.78, 5) is 14.4. The van der Waals surface area contributed by atoms with Crippen molar-refractivity contribution < 1.29 is 30.8 Å². The number of pyridine rings is 1. The molecule has 0 fully saturated rings. The van der Waals surface area contributed by atoms with Crippen molar-refractivity contribution in [3.05, 3.63) is 63.4 Å².